The number of fused-ring (bicyclic) bond motifs is 1. The van der Waals surface area contributed by atoms with Gasteiger partial charge in [0.05, 0.1) is 5.02 Å². The van der Waals surface area contributed by atoms with Gasteiger partial charge in [0.25, 0.3) is 0 Å². The first-order valence-corrected chi connectivity index (χ1v) is 8.47. The minimum Gasteiger partial charge on any atom is -0.487 e. The minimum absolute atomic E-state index is 0.0500. The van der Waals surface area contributed by atoms with Gasteiger partial charge in [-0.15, -0.1) is 0 Å². The van der Waals surface area contributed by atoms with Crippen molar-refractivity contribution in [1.29, 1.82) is 0 Å². The molecule has 0 aromatic heterocycles. The lowest BCUT2D eigenvalue weighted by Crippen LogP contribution is -2.27. The maximum absolute atomic E-state index is 12.6. The second-order valence-corrected chi connectivity index (χ2v) is 6.55. The summed E-state index contributed by atoms with van der Waals surface area (Å²) in [5, 5.41) is 0.549. The molecule has 0 bridgehead atoms. The van der Waals surface area contributed by atoms with E-state index in [4.69, 9.17) is 16.3 Å². The summed E-state index contributed by atoms with van der Waals surface area (Å²) >= 11 is 6.50. The summed E-state index contributed by atoms with van der Waals surface area (Å²) in [5.74, 6) is 0.676. The summed E-state index contributed by atoms with van der Waals surface area (Å²) in [5.41, 5.74) is 3.56. The topological polar surface area (TPSA) is 38.7 Å². The monoisotopic (exact) mass is 341 g/mol. The molecule has 0 saturated carbocycles. The normalized spacial score (nSPS) is 16.5. The van der Waals surface area contributed by atoms with E-state index in [0.29, 0.717) is 29.4 Å². The van der Waals surface area contributed by atoms with E-state index >= 15 is 0 Å². The number of Topliss-reactive ketones (excluding diaryl/α,β-unsaturated/α-hetero) is 1. The summed E-state index contributed by atoms with van der Waals surface area (Å²) in [6.45, 7) is 4.28. The van der Waals surface area contributed by atoms with Crippen LogP contribution >= 0.6 is 11.6 Å². The zero-order valence-electron chi connectivity index (χ0n) is 13.9. The molecule has 0 saturated heterocycles. The third-order valence-corrected chi connectivity index (χ3v) is 4.51. The van der Waals surface area contributed by atoms with Gasteiger partial charge < -0.3 is 4.74 Å². The highest BCUT2D eigenvalue weighted by molar-refractivity contribution is 6.33. The van der Waals surface area contributed by atoms with Crippen molar-refractivity contribution < 1.29 is 9.53 Å². The van der Waals surface area contributed by atoms with Gasteiger partial charge in [-0.05, 0) is 49.9 Å². The molecule has 24 heavy (non-hydrogen) atoms. The Morgan fingerprint density at radius 2 is 1.96 bits per heavy atom. The molecule has 0 spiro atoms. The van der Waals surface area contributed by atoms with Crippen LogP contribution < -0.4 is 4.74 Å². The third kappa shape index (κ3) is 3.51. The standard InChI is InChI=1S/C20H20ClNO2/c1-13(2)22-17-10-8-15-16(20(17)23)9-11-18(19(15)21)24-12-14-6-4-3-5-7-14/h3-7,9,11,17H,8,10,12H2,1-2H3. The lowest BCUT2D eigenvalue weighted by atomic mass is 9.87. The molecular formula is C20H20ClNO2. The Kier molecular flexibility index (Phi) is 5.00. The molecule has 0 radical (unpaired) electrons. The smallest absolute Gasteiger partial charge is 0.187 e. The highest BCUT2D eigenvalue weighted by atomic mass is 35.5. The number of benzene rings is 2. The van der Waals surface area contributed by atoms with E-state index in [1.54, 1.807) is 6.07 Å². The number of ketones is 1. The van der Waals surface area contributed by atoms with Crippen LogP contribution in [0.1, 0.15) is 41.8 Å². The Morgan fingerprint density at radius 1 is 1.21 bits per heavy atom. The average Bonchev–Trinajstić information content (AvgIpc) is 2.57. The van der Waals surface area contributed by atoms with Crippen LogP contribution in [0.25, 0.3) is 0 Å². The SMILES string of the molecule is CC(C)=NC1CCc2c(ccc(OCc3ccccc3)c2Cl)C1=O. The van der Waals surface area contributed by atoms with Crippen LogP contribution in [0.4, 0.5) is 0 Å². The Morgan fingerprint density at radius 3 is 2.67 bits per heavy atom. The average molecular weight is 342 g/mol. The molecule has 1 unspecified atom stereocenters. The summed E-state index contributed by atoms with van der Waals surface area (Å²) in [6.07, 6.45) is 1.43. The van der Waals surface area contributed by atoms with Gasteiger partial charge in [0.15, 0.2) is 5.78 Å². The molecule has 0 heterocycles. The predicted octanol–water partition coefficient (Wildman–Crippen LogP) is 4.90. The number of nitrogens with zero attached hydrogens (tertiary/aromatic N) is 1. The van der Waals surface area contributed by atoms with E-state index in [2.05, 4.69) is 4.99 Å². The Labute approximate surface area is 147 Å². The highest BCUT2D eigenvalue weighted by Gasteiger charge is 2.29. The van der Waals surface area contributed by atoms with Crippen molar-refractivity contribution in [2.45, 2.75) is 39.3 Å². The summed E-state index contributed by atoms with van der Waals surface area (Å²) in [6, 6.07) is 13.2. The summed E-state index contributed by atoms with van der Waals surface area (Å²) in [4.78, 5) is 17.0. The second kappa shape index (κ2) is 7.18. The second-order valence-electron chi connectivity index (χ2n) is 6.17. The molecule has 3 rings (SSSR count). The molecule has 0 N–H and O–H groups in total. The molecule has 1 atom stereocenters. The van der Waals surface area contributed by atoms with Crippen LogP contribution in [0, 0.1) is 0 Å². The third-order valence-electron chi connectivity index (χ3n) is 4.09. The van der Waals surface area contributed by atoms with Gasteiger partial charge in [-0.25, -0.2) is 0 Å². The number of hydrogen-bond acceptors (Lipinski definition) is 3. The summed E-state index contributed by atoms with van der Waals surface area (Å²) in [7, 11) is 0. The van der Waals surface area contributed by atoms with Crippen LogP contribution in [0.5, 0.6) is 5.75 Å². The quantitative estimate of drug-likeness (QED) is 0.742. The van der Waals surface area contributed by atoms with E-state index in [-0.39, 0.29) is 11.8 Å². The zero-order chi connectivity index (χ0) is 17.1. The van der Waals surface area contributed by atoms with Crippen molar-refractivity contribution in [2.75, 3.05) is 0 Å². The maximum atomic E-state index is 12.6. The molecule has 0 amide bonds. The van der Waals surface area contributed by atoms with Gasteiger partial charge in [0.1, 0.15) is 18.4 Å². The number of aliphatic imine (C=N–C) groups is 1. The van der Waals surface area contributed by atoms with E-state index in [0.717, 1.165) is 23.3 Å². The molecule has 3 nitrogen and oxygen atoms in total. The molecular weight excluding hydrogens is 322 g/mol. The molecule has 124 valence electrons. The fourth-order valence-corrected chi connectivity index (χ4v) is 3.26. The Balaban J connectivity index is 1.82. The van der Waals surface area contributed by atoms with Crippen molar-refractivity contribution in [2.24, 2.45) is 4.99 Å². The largest absolute Gasteiger partial charge is 0.487 e. The van der Waals surface area contributed by atoms with Crippen molar-refractivity contribution >= 4 is 23.1 Å². The van der Waals surface area contributed by atoms with Gasteiger partial charge >= 0.3 is 0 Å². The maximum Gasteiger partial charge on any atom is 0.187 e. The van der Waals surface area contributed by atoms with Crippen LogP contribution in [-0.4, -0.2) is 17.5 Å². The number of carbonyl (C=O) groups excluding carboxylic acids is 1. The lowest BCUT2D eigenvalue weighted by Gasteiger charge is -2.23. The van der Waals surface area contributed by atoms with Gasteiger partial charge in [-0.2, -0.15) is 0 Å². The van der Waals surface area contributed by atoms with Gasteiger partial charge in [0, 0.05) is 11.3 Å². The lowest BCUT2D eigenvalue weighted by molar-refractivity contribution is 0.0949. The van der Waals surface area contributed by atoms with Crippen molar-refractivity contribution in [3.63, 3.8) is 0 Å². The fraction of sp³-hybridized carbons (Fsp3) is 0.300. The van der Waals surface area contributed by atoms with Crippen molar-refractivity contribution in [1.82, 2.24) is 0 Å². The van der Waals surface area contributed by atoms with E-state index in [1.165, 1.54) is 0 Å². The predicted molar refractivity (Wildman–Crippen MR) is 97.4 cm³/mol. The first-order valence-electron chi connectivity index (χ1n) is 8.09. The fourth-order valence-electron chi connectivity index (χ4n) is 2.95. The Hall–Kier alpha value is -2.13. The number of rotatable bonds is 4. The van der Waals surface area contributed by atoms with Crippen LogP contribution in [0.3, 0.4) is 0 Å². The van der Waals surface area contributed by atoms with Gasteiger partial charge in [-0.1, -0.05) is 41.9 Å². The summed E-state index contributed by atoms with van der Waals surface area (Å²) < 4.78 is 5.84. The first kappa shape index (κ1) is 16.7. The van der Waals surface area contributed by atoms with E-state index < -0.39 is 0 Å². The molecule has 0 aliphatic heterocycles. The minimum atomic E-state index is -0.283. The number of carbonyl (C=O) groups is 1. The molecule has 0 fully saturated rings. The Bertz CT molecular complexity index is 780. The number of hydrogen-bond donors (Lipinski definition) is 0. The van der Waals surface area contributed by atoms with Crippen molar-refractivity contribution in [3.8, 4) is 5.75 Å². The van der Waals surface area contributed by atoms with Crippen LogP contribution in [0.15, 0.2) is 47.5 Å². The molecule has 4 heteroatoms. The molecule has 2 aromatic carbocycles. The first-order chi connectivity index (χ1) is 11.6. The molecule has 2 aromatic rings. The van der Waals surface area contributed by atoms with Gasteiger partial charge in [0.2, 0.25) is 0 Å². The van der Waals surface area contributed by atoms with Crippen LogP contribution in [0.2, 0.25) is 5.02 Å². The van der Waals surface area contributed by atoms with Gasteiger partial charge in [-0.3, -0.25) is 9.79 Å². The molecule has 1 aliphatic carbocycles. The number of halogens is 1. The highest BCUT2D eigenvalue weighted by Crippen LogP contribution is 2.36. The number of ether oxygens (including phenoxy) is 1. The molecule has 1 aliphatic rings. The van der Waals surface area contributed by atoms with E-state index in [9.17, 15) is 4.79 Å². The van der Waals surface area contributed by atoms with E-state index in [1.807, 2.05) is 50.2 Å². The zero-order valence-corrected chi connectivity index (χ0v) is 14.6. The van der Waals surface area contributed by atoms with Crippen molar-refractivity contribution in [3.05, 3.63) is 64.2 Å². The van der Waals surface area contributed by atoms with Crippen LogP contribution in [-0.2, 0) is 13.0 Å².